The van der Waals surface area contributed by atoms with Crippen LogP contribution in [0.2, 0.25) is 0 Å². The van der Waals surface area contributed by atoms with Crippen molar-refractivity contribution in [2.75, 3.05) is 125 Å². The maximum absolute atomic E-state index is 16.7. The molecule has 0 saturated heterocycles. The molecule has 0 aliphatic heterocycles. The zero-order chi connectivity index (χ0) is 43.2. The quantitative estimate of drug-likeness (QED) is 0.0469. The van der Waals surface area contributed by atoms with Crippen molar-refractivity contribution in [3.8, 4) is 0 Å². The minimum atomic E-state index is -4.08. The van der Waals surface area contributed by atoms with Crippen LogP contribution in [0.1, 0.15) is 136 Å². The molecule has 0 heterocycles. The van der Waals surface area contributed by atoms with Gasteiger partial charge in [-0.3, -0.25) is 28.0 Å². The van der Waals surface area contributed by atoms with Crippen molar-refractivity contribution in [1.29, 1.82) is 0 Å². The Balaban J connectivity index is 8.48. The Morgan fingerprint density at radius 3 is 0.714 bits per heavy atom. The van der Waals surface area contributed by atoms with Crippen molar-refractivity contribution >= 4 is 30.1 Å². The van der Waals surface area contributed by atoms with Gasteiger partial charge in [-0.1, -0.05) is 117 Å². The van der Waals surface area contributed by atoms with Crippen molar-refractivity contribution in [1.82, 2.24) is 42.0 Å². The van der Waals surface area contributed by atoms with Gasteiger partial charge >= 0.3 is 7.59 Å². The van der Waals surface area contributed by atoms with E-state index in [0.29, 0.717) is 0 Å². The van der Waals surface area contributed by atoms with Gasteiger partial charge in [0.2, 0.25) is 0 Å². The van der Waals surface area contributed by atoms with Crippen LogP contribution < -0.4 is 0 Å². The van der Waals surface area contributed by atoms with E-state index in [1.807, 2.05) is 0 Å². The normalized spacial score (nSPS) is 13.7. The first-order valence-corrected chi connectivity index (χ1v) is 28.3. The number of hydrogen-bond acceptors (Lipinski definition) is 1. The van der Waals surface area contributed by atoms with Crippen LogP contribution in [0.5, 0.6) is 0 Å². The van der Waals surface area contributed by atoms with Crippen molar-refractivity contribution < 1.29 is 4.57 Å². The van der Waals surface area contributed by atoms with Gasteiger partial charge in [-0.15, -0.1) is 0 Å². The van der Waals surface area contributed by atoms with Crippen LogP contribution in [0.25, 0.3) is 0 Å². The maximum atomic E-state index is 16.7. The average molecular weight is 873 g/mol. The molecule has 0 aliphatic rings. The molecule has 0 rings (SSSR count). The van der Waals surface area contributed by atoms with Gasteiger partial charge in [0.25, 0.3) is 0 Å². The molecule has 17 heteroatoms. The highest BCUT2D eigenvalue weighted by atomic mass is 31.3. The second-order valence-electron chi connectivity index (χ2n) is 16.9. The monoisotopic (exact) mass is 873 g/mol. The zero-order valence-corrected chi connectivity index (χ0v) is 44.0. The van der Waals surface area contributed by atoms with Gasteiger partial charge in [0.05, 0.1) is 0 Å². The van der Waals surface area contributed by atoms with Gasteiger partial charge in [-0.2, -0.15) is 13.5 Å². The summed E-state index contributed by atoms with van der Waals surface area (Å²) in [4.78, 5) is 0. The van der Waals surface area contributed by atoms with E-state index in [2.05, 4.69) is 169 Å². The van der Waals surface area contributed by atoms with Crippen LogP contribution in [0.15, 0.2) is 13.5 Å². The fourth-order valence-electron chi connectivity index (χ4n) is 7.90. The third-order valence-electron chi connectivity index (χ3n) is 10.8. The smallest absolute Gasteiger partial charge is 0.252 e. The molecule has 0 aromatic rings. The van der Waals surface area contributed by atoms with Gasteiger partial charge in [-0.05, 0) is 125 Å². The largest absolute Gasteiger partial charge is 0.421 e. The average Bonchev–Trinajstić information content (AvgIpc) is 3.11. The number of rotatable bonds is 33. The second kappa shape index (κ2) is 29.0. The maximum Gasteiger partial charge on any atom is 0.421 e. The van der Waals surface area contributed by atoms with Crippen LogP contribution in [-0.4, -0.2) is 167 Å². The van der Waals surface area contributed by atoms with E-state index < -0.39 is 30.1 Å². The van der Waals surface area contributed by atoms with E-state index in [-0.39, 0.29) is 0 Å². The third kappa shape index (κ3) is 16.8. The summed E-state index contributed by atoms with van der Waals surface area (Å²) in [5, 5.41) is 0. The molecule has 0 bridgehead atoms. The van der Waals surface area contributed by atoms with Crippen LogP contribution in [0, 0.1) is 0 Å². The van der Waals surface area contributed by atoms with E-state index in [1.54, 1.807) is 0 Å². The Hall–Kier alpha value is 0.560. The van der Waals surface area contributed by atoms with E-state index in [4.69, 9.17) is 13.5 Å². The minimum absolute atomic E-state index is 0.885. The molecule has 0 amide bonds. The molecular formula is C39H96N12OP4. The van der Waals surface area contributed by atoms with Crippen molar-refractivity contribution in [2.45, 2.75) is 136 Å². The molecular weight excluding hydrogens is 776 g/mol. The van der Waals surface area contributed by atoms with Gasteiger partial charge in [-0.25, -0.2) is 18.6 Å². The lowest BCUT2D eigenvalue weighted by Crippen LogP contribution is -2.38. The highest BCUT2D eigenvalue weighted by Crippen LogP contribution is 2.77. The zero-order valence-electron chi connectivity index (χ0n) is 40.4. The molecule has 0 aliphatic carbocycles. The first-order chi connectivity index (χ1) is 26.2. The lowest BCUT2D eigenvalue weighted by Gasteiger charge is -2.47. The molecule has 0 unspecified atom stereocenters. The first kappa shape index (κ1) is 56.6. The summed E-state index contributed by atoms with van der Waals surface area (Å²) >= 11 is 0. The summed E-state index contributed by atoms with van der Waals surface area (Å²) in [5.74, 6) is 0. The Morgan fingerprint density at radius 1 is 0.304 bits per heavy atom. The third-order valence-corrected chi connectivity index (χ3v) is 26.3. The molecule has 0 fully saturated rings. The molecule has 0 aromatic carbocycles. The SMILES string of the molecule is CCCCCCCCN(C)P(=NP(=O)(N=P(N(C)C)(N(C)C)N(C)C)N=P(N(C)C)(N(C)C)N(C)C)(N(C)CCCCCCCC)N(C)CCCCCCCC. The Morgan fingerprint density at radius 2 is 0.500 bits per heavy atom. The number of unbranched alkanes of at least 4 members (excludes halogenated alkanes) is 15. The Bertz CT molecular complexity index is 1090. The first-order valence-electron chi connectivity index (χ1n) is 22.0. The van der Waals surface area contributed by atoms with Gasteiger partial charge in [0, 0.05) is 19.6 Å². The van der Waals surface area contributed by atoms with Gasteiger partial charge in [0.15, 0.2) is 22.5 Å². The summed E-state index contributed by atoms with van der Waals surface area (Å²) in [7, 11) is 19.1. The van der Waals surface area contributed by atoms with Crippen molar-refractivity contribution in [3.63, 3.8) is 0 Å². The van der Waals surface area contributed by atoms with E-state index in [9.17, 15) is 0 Å². The summed E-state index contributed by atoms with van der Waals surface area (Å²) in [6.07, 6.45) is 22.0. The fourth-order valence-corrected chi connectivity index (χ4v) is 25.6. The lowest BCUT2D eigenvalue weighted by molar-refractivity contribution is 0.360. The lowest BCUT2D eigenvalue weighted by atomic mass is 10.1. The summed E-state index contributed by atoms with van der Waals surface area (Å²) in [6, 6.07) is 0. The standard InChI is InChI=1S/C39H96N12OP4/c1-19-22-25-28-31-34-37-49(16)56(50(17)38-35-32-29-26-23-20-2,51(18)39-36-33-30-27-24-21-3)42-53(52,40-54(43(4)5,44(6)7)45(8)9)41-55(46(10)11,47(12)13)48(14)15/h19-39H2,1-18H3. The van der Waals surface area contributed by atoms with Crippen molar-refractivity contribution in [3.05, 3.63) is 0 Å². The molecule has 56 heavy (non-hydrogen) atoms. The molecule has 0 saturated carbocycles. The predicted octanol–water partition coefficient (Wildman–Crippen LogP) is 12.2. The van der Waals surface area contributed by atoms with Gasteiger partial charge < -0.3 is 0 Å². The van der Waals surface area contributed by atoms with Crippen LogP contribution >= 0.6 is 30.1 Å². The predicted molar refractivity (Wildman–Crippen MR) is 256 cm³/mol. The fraction of sp³-hybridized carbons (Fsp3) is 1.00. The van der Waals surface area contributed by atoms with Crippen LogP contribution in [0.4, 0.5) is 0 Å². The number of nitrogens with zero attached hydrogens (tertiary/aromatic N) is 12. The summed E-state index contributed by atoms with van der Waals surface area (Å²) < 4.78 is 54.2. The summed E-state index contributed by atoms with van der Waals surface area (Å²) in [5.41, 5.74) is 0. The molecule has 0 aromatic heterocycles. The Kier molecular flexibility index (Phi) is 29.3. The topological polar surface area (TPSA) is 83.3 Å². The van der Waals surface area contributed by atoms with Crippen molar-refractivity contribution in [2.24, 2.45) is 13.5 Å². The van der Waals surface area contributed by atoms with E-state index in [0.717, 1.165) is 38.9 Å². The molecule has 0 radical (unpaired) electrons. The molecule has 0 N–H and O–H groups in total. The molecule has 0 spiro atoms. The highest BCUT2D eigenvalue weighted by molar-refractivity contribution is 7.79. The van der Waals surface area contributed by atoms with E-state index in [1.165, 1.54) is 96.3 Å². The Labute approximate surface area is 350 Å². The summed E-state index contributed by atoms with van der Waals surface area (Å²) in [6.45, 7) is 9.49. The second-order valence-corrected chi connectivity index (χ2v) is 30.2. The van der Waals surface area contributed by atoms with Crippen LogP contribution in [-0.2, 0) is 4.57 Å². The number of hydrogen-bond donors (Lipinski definition) is 0. The van der Waals surface area contributed by atoms with Crippen LogP contribution in [0.3, 0.4) is 0 Å². The van der Waals surface area contributed by atoms with E-state index >= 15 is 4.57 Å². The molecule has 13 nitrogen and oxygen atoms in total. The highest BCUT2D eigenvalue weighted by Gasteiger charge is 2.44. The van der Waals surface area contributed by atoms with Gasteiger partial charge in [0.1, 0.15) is 0 Å². The minimum Gasteiger partial charge on any atom is -0.252 e. The molecule has 0 atom stereocenters. The molecule has 338 valence electrons.